The van der Waals surface area contributed by atoms with E-state index in [1.165, 1.54) is 5.56 Å². The largest absolute Gasteiger partial charge is 0.308 e. The molecule has 3 rings (SSSR count). The Hall–Kier alpha value is -2.35. The molecule has 0 radical (unpaired) electrons. The molecule has 4 nitrogen and oxygen atoms in total. The van der Waals surface area contributed by atoms with Gasteiger partial charge in [0.05, 0.1) is 17.8 Å². The van der Waals surface area contributed by atoms with Crippen LogP contribution in [-0.4, -0.2) is 24.6 Å². The molecular weight excluding hydrogens is 320 g/mol. The van der Waals surface area contributed by atoms with Gasteiger partial charge in [-0.2, -0.15) is 10.3 Å². The first-order valence-corrected chi connectivity index (χ1v) is 8.30. The number of halogens is 1. The minimum atomic E-state index is -0.596. The van der Waals surface area contributed by atoms with Gasteiger partial charge in [0, 0.05) is 11.6 Å². The minimum Gasteiger partial charge on any atom is -0.308 e. The fourth-order valence-corrected chi connectivity index (χ4v) is 3.09. The molecule has 0 aliphatic carbocycles. The highest BCUT2D eigenvalue weighted by Gasteiger charge is 2.34. The summed E-state index contributed by atoms with van der Waals surface area (Å²) in [6.45, 7) is 1.15. The van der Waals surface area contributed by atoms with Gasteiger partial charge in [-0.15, -0.1) is 0 Å². The first-order chi connectivity index (χ1) is 11.7. The van der Waals surface area contributed by atoms with Gasteiger partial charge in [0.25, 0.3) is 0 Å². The fourth-order valence-electron chi connectivity index (χ4n) is 2.96. The lowest BCUT2D eigenvalue weighted by Gasteiger charge is -2.31. The quantitative estimate of drug-likeness (QED) is 0.876. The van der Waals surface area contributed by atoms with Crippen LogP contribution in [0.5, 0.6) is 0 Å². The smallest absolute Gasteiger partial charge is 0.110 e. The van der Waals surface area contributed by atoms with Crippen LogP contribution in [0.1, 0.15) is 17.5 Å². The van der Waals surface area contributed by atoms with Crippen molar-refractivity contribution in [2.24, 2.45) is 4.99 Å². The monoisotopic (exact) mass is 338 g/mol. The highest BCUT2D eigenvalue weighted by molar-refractivity contribution is 6.30. The number of hydrogen-bond acceptors (Lipinski definition) is 4. The second-order valence-corrected chi connectivity index (χ2v) is 6.40. The third-order valence-electron chi connectivity index (χ3n) is 4.34. The summed E-state index contributed by atoms with van der Waals surface area (Å²) in [6, 6.07) is 20.4. The number of aliphatic imine (C=N–C) groups is 1. The zero-order chi connectivity index (χ0) is 16.8. The van der Waals surface area contributed by atoms with Gasteiger partial charge >= 0.3 is 0 Å². The van der Waals surface area contributed by atoms with Gasteiger partial charge in [-0.1, -0.05) is 54.1 Å². The van der Waals surface area contributed by atoms with Gasteiger partial charge in [-0.3, -0.25) is 4.99 Å². The highest BCUT2D eigenvalue weighted by atomic mass is 35.5. The Bertz CT molecular complexity index is 728. The SMILES string of the molecule is N#CC(CCc1ccc(Cl)cc1)(CN1CN=CN1)c1ccccc1. The predicted molar refractivity (Wildman–Crippen MR) is 96.7 cm³/mol. The topological polar surface area (TPSA) is 51.4 Å². The van der Waals surface area contributed by atoms with Gasteiger partial charge in [0.15, 0.2) is 0 Å². The molecule has 0 bridgehead atoms. The number of rotatable bonds is 6. The summed E-state index contributed by atoms with van der Waals surface area (Å²) in [4.78, 5) is 4.17. The molecule has 5 heteroatoms. The molecule has 0 saturated carbocycles. The highest BCUT2D eigenvalue weighted by Crippen LogP contribution is 2.30. The molecule has 2 aromatic carbocycles. The molecule has 0 aromatic heterocycles. The Morgan fingerprint density at radius 1 is 1.17 bits per heavy atom. The summed E-state index contributed by atoms with van der Waals surface area (Å²) in [6.07, 6.45) is 3.22. The van der Waals surface area contributed by atoms with E-state index < -0.39 is 5.41 Å². The van der Waals surface area contributed by atoms with E-state index in [9.17, 15) is 5.26 Å². The van der Waals surface area contributed by atoms with E-state index in [0.29, 0.717) is 13.2 Å². The summed E-state index contributed by atoms with van der Waals surface area (Å²) < 4.78 is 0. The van der Waals surface area contributed by atoms with Crippen LogP contribution in [0.4, 0.5) is 0 Å². The minimum absolute atomic E-state index is 0.567. The van der Waals surface area contributed by atoms with Crippen molar-refractivity contribution in [2.45, 2.75) is 18.3 Å². The van der Waals surface area contributed by atoms with Crippen LogP contribution in [0.3, 0.4) is 0 Å². The molecule has 1 unspecified atom stereocenters. The van der Waals surface area contributed by atoms with Crippen molar-refractivity contribution in [3.63, 3.8) is 0 Å². The maximum atomic E-state index is 10.0. The molecule has 2 aromatic rings. The lowest BCUT2D eigenvalue weighted by molar-refractivity contribution is 0.217. The maximum absolute atomic E-state index is 10.0. The van der Waals surface area contributed by atoms with E-state index in [2.05, 4.69) is 16.5 Å². The van der Waals surface area contributed by atoms with Gasteiger partial charge in [-0.05, 0) is 36.1 Å². The van der Waals surface area contributed by atoms with Crippen molar-refractivity contribution in [3.05, 3.63) is 70.7 Å². The average Bonchev–Trinajstić information content (AvgIpc) is 3.14. The first kappa shape index (κ1) is 16.5. The Kier molecular flexibility index (Phi) is 5.14. The summed E-state index contributed by atoms with van der Waals surface area (Å²) in [7, 11) is 0. The second-order valence-electron chi connectivity index (χ2n) is 5.97. The molecule has 0 saturated heterocycles. The molecular formula is C19H19ClN4. The third kappa shape index (κ3) is 3.76. The Labute approximate surface area is 147 Å². The van der Waals surface area contributed by atoms with Gasteiger partial charge in [0.2, 0.25) is 0 Å². The molecule has 0 spiro atoms. The number of nitrogens with zero attached hydrogens (tertiary/aromatic N) is 3. The molecule has 1 atom stereocenters. The lowest BCUT2D eigenvalue weighted by atomic mass is 9.77. The van der Waals surface area contributed by atoms with Crippen LogP contribution < -0.4 is 5.43 Å². The van der Waals surface area contributed by atoms with Crippen LogP contribution in [0.25, 0.3) is 0 Å². The van der Waals surface area contributed by atoms with E-state index >= 15 is 0 Å². The van der Waals surface area contributed by atoms with Gasteiger partial charge < -0.3 is 5.43 Å². The molecule has 122 valence electrons. The van der Waals surface area contributed by atoms with E-state index in [-0.39, 0.29) is 0 Å². The second kappa shape index (κ2) is 7.48. The number of aryl methyl sites for hydroxylation is 1. The molecule has 1 N–H and O–H groups in total. The Morgan fingerprint density at radius 2 is 1.92 bits per heavy atom. The van der Waals surface area contributed by atoms with Crippen LogP contribution in [0.15, 0.2) is 59.6 Å². The van der Waals surface area contributed by atoms with Crippen LogP contribution >= 0.6 is 11.6 Å². The average molecular weight is 339 g/mol. The standard InChI is InChI=1S/C19H19ClN4/c20-18-8-6-16(7-9-18)10-11-19(12-21,13-24-15-22-14-23-24)17-4-2-1-3-5-17/h1-9,14H,10-11,13,15H2,(H,22,23). The maximum Gasteiger partial charge on any atom is 0.110 e. The van der Waals surface area contributed by atoms with E-state index in [1.807, 2.05) is 59.6 Å². The van der Waals surface area contributed by atoms with Crippen molar-refractivity contribution >= 4 is 17.9 Å². The van der Waals surface area contributed by atoms with E-state index in [0.717, 1.165) is 23.4 Å². The molecule has 0 amide bonds. The van der Waals surface area contributed by atoms with Crippen LogP contribution in [0.2, 0.25) is 5.02 Å². The number of hydrogen-bond donors (Lipinski definition) is 1. The molecule has 1 aliphatic heterocycles. The van der Waals surface area contributed by atoms with Crippen LogP contribution in [-0.2, 0) is 11.8 Å². The predicted octanol–water partition coefficient (Wildman–Crippen LogP) is 3.54. The van der Waals surface area contributed by atoms with Gasteiger partial charge in [-0.25, -0.2) is 0 Å². The van der Waals surface area contributed by atoms with Crippen molar-refractivity contribution in [1.29, 1.82) is 5.26 Å². The Balaban J connectivity index is 1.83. The number of nitriles is 1. The van der Waals surface area contributed by atoms with E-state index in [1.54, 1.807) is 6.34 Å². The zero-order valence-corrected chi connectivity index (χ0v) is 14.1. The normalized spacial score (nSPS) is 16.3. The summed E-state index contributed by atoms with van der Waals surface area (Å²) in [5.41, 5.74) is 4.72. The van der Waals surface area contributed by atoms with E-state index in [4.69, 9.17) is 11.6 Å². The summed E-state index contributed by atoms with van der Waals surface area (Å²) >= 11 is 5.96. The van der Waals surface area contributed by atoms with Crippen molar-refractivity contribution < 1.29 is 0 Å². The first-order valence-electron chi connectivity index (χ1n) is 7.92. The third-order valence-corrected chi connectivity index (χ3v) is 4.59. The Morgan fingerprint density at radius 3 is 2.54 bits per heavy atom. The van der Waals surface area contributed by atoms with Crippen LogP contribution in [0, 0.1) is 11.3 Å². The van der Waals surface area contributed by atoms with Crippen molar-refractivity contribution in [3.8, 4) is 6.07 Å². The number of benzene rings is 2. The van der Waals surface area contributed by atoms with Crippen molar-refractivity contribution in [1.82, 2.24) is 10.4 Å². The summed E-state index contributed by atoms with van der Waals surface area (Å²) in [5, 5.41) is 12.7. The number of hydrazine groups is 1. The van der Waals surface area contributed by atoms with Gasteiger partial charge in [0.1, 0.15) is 6.67 Å². The number of nitrogens with one attached hydrogen (secondary N) is 1. The fraction of sp³-hybridized carbons (Fsp3) is 0.263. The molecule has 1 heterocycles. The molecule has 0 fully saturated rings. The van der Waals surface area contributed by atoms with Crippen molar-refractivity contribution in [2.75, 3.05) is 13.2 Å². The molecule has 1 aliphatic rings. The molecule has 24 heavy (non-hydrogen) atoms. The lowest BCUT2D eigenvalue weighted by Crippen LogP contribution is -2.44. The summed E-state index contributed by atoms with van der Waals surface area (Å²) in [5.74, 6) is 0. The zero-order valence-electron chi connectivity index (χ0n) is 13.3.